The fraction of sp³-hybridized carbons (Fsp3) is 0.167. The van der Waals surface area contributed by atoms with E-state index < -0.39 is 0 Å². The van der Waals surface area contributed by atoms with Crippen LogP contribution in [0.1, 0.15) is 50.7 Å². The van der Waals surface area contributed by atoms with Crippen molar-refractivity contribution in [3.8, 4) is 16.8 Å². The van der Waals surface area contributed by atoms with E-state index in [9.17, 15) is 0 Å². The second-order valence-corrected chi connectivity index (χ2v) is 13.0. The maximum absolute atomic E-state index is 4.88. The first-order chi connectivity index (χ1) is 22.1. The molecule has 0 spiro atoms. The number of amidine groups is 1. The molecular formula is C42H35N3. The molecule has 1 aliphatic carbocycles. The molecule has 2 aliphatic heterocycles. The summed E-state index contributed by atoms with van der Waals surface area (Å²) in [6.07, 6.45) is 10.5. The van der Waals surface area contributed by atoms with Gasteiger partial charge in [-0.15, -0.1) is 0 Å². The van der Waals surface area contributed by atoms with Crippen LogP contribution >= 0.6 is 0 Å². The number of benzene rings is 5. The van der Waals surface area contributed by atoms with Gasteiger partial charge in [0.15, 0.2) is 0 Å². The Morgan fingerprint density at radius 1 is 0.711 bits per heavy atom. The summed E-state index contributed by atoms with van der Waals surface area (Å²) in [4.78, 5) is 7.30. The van der Waals surface area contributed by atoms with Gasteiger partial charge in [-0.3, -0.25) is 0 Å². The molecule has 3 heteroatoms. The third kappa shape index (κ3) is 3.93. The fourth-order valence-corrected chi connectivity index (χ4v) is 7.94. The highest BCUT2D eigenvalue weighted by Crippen LogP contribution is 2.47. The molecule has 0 atom stereocenters. The van der Waals surface area contributed by atoms with Gasteiger partial charge < -0.3 is 9.47 Å². The molecule has 3 aliphatic rings. The predicted molar refractivity (Wildman–Crippen MR) is 189 cm³/mol. The minimum Gasteiger partial charge on any atom is -0.309 e. The molecule has 0 radical (unpaired) electrons. The van der Waals surface area contributed by atoms with E-state index in [1.54, 1.807) is 0 Å². The number of para-hydroxylation sites is 2. The lowest BCUT2D eigenvalue weighted by molar-refractivity contribution is 0.630. The number of nitrogens with zero attached hydrogens (tertiary/aromatic N) is 3. The number of anilines is 1. The number of allylic oxidation sites excluding steroid dienone is 1. The van der Waals surface area contributed by atoms with E-state index in [1.807, 2.05) is 6.20 Å². The van der Waals surface area contributed by atoms with Crippen molar-refractivity contribution in [2.24, 2.45) is 4.99 Å². The summed E-state index contributed by atoms with van der Waals surface area (Å²) in [5, 5.41) is 5.25. The zero-order chi connectivity index (χ0) is 30.1. The molecule has 5 aromatic carbocycles. The number of hydrogen-bond donors (Lipinski definition) is 0. The smallest absolute Gasteiger partial charge is 0.113 e. The molecule has 1 aromatic heterocycles. The second-order valence-electron chi connectivity index (χ2n) is 13.0. The Balaban J connectivity index is 1.18. The number of fused-ring (bicyclic) bond motifs is 6. The lowest BCUT2D eigenvalue weighted by Gasteiger charge is -2.34. The molecule has 0 unspecified atom stereocenters. The minimum absolute atomic E-state index is 0.0572. The van der Waals surface area contributed by atoms with Gasteiger partial charge in [0.05, 0.1) is 16.7 Å². The van der Waals surface area contributed by atoms with Gasteiger partial charge in [-0.1, -0.05) is 105 Å². The first-order valence-electron chi connectivity index (χ1n) is 16.2. The van der Waals surface area contributed by atoms with Crippen LogP contribution in [0.5, 0.6) is 0 Å². The average molecular weight is 582 g/mol. The first-order valence-corrected chi connectivity index (χ1v) is 16.2. The van der Waals surface area contributed by atoms with Crippen molar-refractivity contribution < 1.29 is 0 Å². The fourth-order valence-electron chi connectivity index (χ4n) is 7.94. The summed E-state index contributed by atoms with van der Waals surface area (Å²) in [6, 6.07) is 40.6. The molecule has 218 valence electrons. The molecule has 45 heavy (non-hydrogen) atoms. The van der Waals surface area contributed by atoms with E-state index in [0.717, 1.165) is 31.5 Å². The van der Waals surface area contributed by atoms with Crippen LogP contribution in [0.4, 0.5) is 5.69 Å². The van der Waals surface area contributed by atoms with Gasteiger partial charge >= 0.3 is 0 Å². The van der Waals surface area contributed by atoms with Crippen LogP contribution < -0.4 is 15.3 Å². The van der Waals surface area contributed by atoms with Gasteiger partial charge in [-0.2, -0.15) is 0 Å². The van der Waals surface area contributed by atoms with Crippen molar-refractivity contribution in [1.29, 1.82) is 0 Å². The van der Waals surface area contributed by atoms with Crippen LogP contribution in [0, 0.1) is 0 Å². The summed E-state index contributed by atoms with van der Waals surface area (Å²) in [5.74, 6) is 1.12. The maximum Gasteiger partial charge on any atom is 0.113 e. The van der Waals surface area contributed by atoms with Gasteiger partial charge in [0, 0.05) is 45.4 Å². The van der Waals surface area contributed by atoms with Crippen molar-refractivity contribution in [1.82, 2.24) is 4.57 Å². The van der Waals surface area contributed by atoms with Crippen molar-refractivity contribution in [3.05, 3.63) is 143 Å². The number of aromatic nitrogens is 1. The normalized spacial score (nSPS) is 16.2. The zero-order valence-electron chi connectivity index (χ0n) is 25.8. The second kappa shape index (κ2) is 9.93. The molecule has 0 bridgehead atoms. The van der Waals surface area contributed by atoms with E-state index in [-0.39, 0.29) is 5.41 Å². The molecule has 0 amide bonds. The summed E-state index contributed by atoms with van der Waals surface area (Å²) < 4.78 is 2.49. The van der Waals surface area contributed by atoms with E-state index in [2.05, 4.69) is 145 Å². The summed E-state index contributed by atoms with van der Waals surface area (Å²) >= 11 is 0. The Morgan fingerprint density at radius 3 is 2.38 bits per heavy atom. The maximum atomic E-state index is 4.88. The van der Waals surface area contributed by atoms with Gasteiger partial charge in [-0.25, -0.2) is 4.99 Å². The number of aliphatic imine (C=N–C) groups is 1. The van der Waals surface area contributed by atoms with Crippen LogP contribution in [-0.2, 0) is 5.41 Å². The third-order valence-electron chi connectivity index (χ3n) is 10.1. The molecule has 0 fully saturated rings. The van der Waals surface area contributed by atoms with Crippen LogP contribution in [-0.4, -0.2) is 10.4 Å². The highest BCUT2D eigenvalue weighted by molar-refractivity contribution is 6.13. The minimum atomic E-state index is -0.0572. The lowest BCUT2D eigenvalue weighted by atomic mass is 9.75. The molecule has 6 aromatic rings. The molecule has 0 saturated heterocycles. The summed E-state index contributed by atoms with van der Waals surface area (Å²) in [6.45, 7) is 4.71. The average Bonchev–Trinajstić information content (AvgIpc) is 3.43. The quantitative estimate of drug-likeness (QED) is 0.204. The van der Waals surface area contributed by atoms with Gasteiger partial charge in [-0.05, 0) is 77.1 Å². The zero-order valence-corrected chi connectivity index (χ0v) is 25.8. The first kappa shape index (κ1) is 26.3. The van der Waals surface area contributed by atoms with Crippen molar-refractivity contribution >= 4 is 45.1 Å². The standard InChI is InChI=1S/C42H35N3/c1-42(2)35-15-5-6-17-39(35)45-38-25-22-30(27-34(38)33-14-10-16-36(42)41(33)45)28-20-23-31(24-21-28)44(40-19-7-8-26-43-40)37-18-9-12-29-11-3-4-13-32(29)37/h3-6,8,10-17,20-27H,7,9,18-19H2,1-2H3. The Bertz CT molecular complexity index is 2350. The molecule has 9 rings (SSSR count). The van der Waals surface area contributed by atoms with Crippen LogP contribution in [0.25, 0.3) is 50.4 Å². The van der Waals surface area contributed by atoms with Gasteiger partial charge in [0.2, 0.25) is 0 Å². The largest absolute Gasteiger partial charge is 0.309 e. The molecule has 3 nitrogen and oxygen atoms in total. The highest BCUT2D eigenvalue weighted by Gasteiger charge is 2.34. The van der Waals surface area contributed by atoms with Crippen LogP contribution in [0.3, 0.4) is 0 Å². The molecular weight excluding hydrogens is 546 g/mol. The van der Waals surface area contributed by atoms with Crippen molar-refractivity contribution in [2.45, 2.75) is 44.9 Å². The van der Waals surface area contributed by atoms with E-state index in [0.29, 0.717) is 0 Å². The van der Waals surface area contributed by atoms with E-state index in [1.165, 1.54) is 71.6 Å². The summed E-state index contributed by atoms with van der Waals surface area (Å²) in [5.41, 5.74) is 11.6. The SMILES string of the molecule is CC1(C)c2ccccc2-n2c3ccc(-c4ccc(N(C5=NC=CCC5)C5=c6ccccc6=CCC5)cc4)cc3c3cccc1c32. The van der Waals surface area contributed by atoms with Crippen LogP contribution in [0.2, 0.25) is 0 Å². The Morgan fingerprint density at radius 2 is 1.51 bits per heavy atom. The topological polar surface area (TPSA) is 20.5 Å². The van der Waals surface area contributed by atoms with Crippen molar-refractivity contribution in [2.75, 3.05) is 4.90 Å². The molecule has 3 heterocycles. The number of rotatable bonds is 3. The molecule has 0 N–H and O–H groups in total. The Labute approximate surface area is 263 Å². The predicted octanol–water partition coefficient (Wildman–Crippen LogP) is 8.99. The third-order valence-corrected chi connectivity index (χ3v) is 10.1. The lowest BCUT2D eigenvalue weighted by Crippen LogP contribution is -2.39. The number of hydrogen-bond acceptors (Lipinski definition) is 2. The van der Waals surface area contributed by atoms with Crippen LogP contribution in [0.15, 0.2) is 126 Å². The monoisotopic (exact) mass is 581 g/mol. The van der Waals surface area contributed by atoms with Crippen molar-refractivity contribution in [3.63, 3.8) is 0 Å². The van der Waals surface area contributed by atoms with E-state index in [4.69, 9.17) is 4.99 Å². The summed E-state index contributed by atoms with van der Waals surface area (Å²) in [7, 11) is 0. The van der Waals surface area contributed by atoms with Gasteiger partial charge in [0.25, 0.3) is 0 Å². The Kier molecular flexibility index (Phi) is 5.80. The Hall–Kier alpha value is -5.15. The molecule has 0 saturated carbocycles. The highest BCUT2D eigenvalue weighted by atomic mass is 15.2. The van der Waals surface area contributed by atoms with Gasteiger partial charge in [0.1, 0.15) is 5.84 Å². The van der Waals surface area contributed by atoms with E-state index >= 15 is 0 Å².